The van der Waals surface area contributed by atoms with Crippen LogP contribution in [0.3, 0.4) is 0 Å². The van der Waals surface area contributed by atoms with Crippen molar-refractivity contribution in [2.75, 3.05) is 39.6 Å². The van der Waals surface area contributed by atoms with E-state index < -0.39 is 97.5 Å². The molecule has 88 heavy (non-hydrogen) atoms. The van der Waals surface area contributed by atoms with Crippen LogP contribution < -0.4 is 0 Å². The van der Waals surface area contributed by atoms with Crippen LogP contribution in [-0.4, -0.2) is 96.7 Å². The third-order valence-electron chi connectivity index (χ3n) is 16.0. The Morgan fingerprint density at radius 1 is 0.307 bits per heavy atom. The molecule has 3 N–H and O–H groups in total. The summed E-state index contributed by atoms with van der Waals surface area (Å²) in [5.41, 5.74) is 0. The molecule has 5 atom stereocenters. The summed E-state index contributed by atoms with van der Waals surface area (Å²) in [7, 11) is -9.90. The summed E-state index contributed by atoms with van der Waals surface area (Å²) in [6.07, 6.45) is 45.8. The molecule has 0 aromatic carbocycles. The van der Waals surface area contributed by atoms with Gasteiger partial charge in [0.1, 0.15) is 19.3 Å². The van der Waals surface area contributed by atoms with Crippen LogP contribution >= 0.6 is 15.6 Å². The molecule has 0 rings (SSSR count). The van der Waals surface area contributed by atoms with Gasteiger partial charge in [0.15, 0.2) is 12.2 Å². The molecule has 0 aliphatic carbocycles. The molecule has 0 aliphatic rings. The van der Waals surface area contributed by atoms with Crippen LogP contribution in [-0.2, 0) is 65.4 Å². The summed E-state index contributed by atoms with van der Waals surface area (Å²) in [6.45, 7) is 9.47. The van der Waals surface area contributed by atoms with E-state index in [4.69, 9.17) is 37.0 Å². The molecule has 0 fully saturated rings. The zero-order valence-corrected chi connectivity index (χ0v) is 58.8. The normalized spacial score (nSPS) is 14.2. The topological polar surface area (TPSA) is 237 Å². The van der Waals surface area contributed by atoms with Crippen LogP contribution in [0, 0.1) is 11.8 Å². The van der Waals surface area contributed by atoms with Crippen molar-refractivity contribution in [1.82, 2.24) is 0 Å². The number of phosphoric acid groups is 2. The van der Waals surface area contributed by atoms with Crippen molar-refractivity contribution in [3.63, 3.8) is 0 Å². The second kappa shape index (κ2) is 61.3. The fraction of sp³-hybridized carbons (Fsp3) is 0.942. The summed E-state index contributed by atoms with van der Waals surface area (Å²) >= 11 is 0. The molecule has 19 heteroatoms. The Morgan fingerprint density at radius 3 is 0.773 bits per heavy atom. The van der Waals surface area contributed by atoms with E-state index in [9.17, 15) is 43.2 Å². The standard InChI is InChI=1S/C69H134O17P2/c1-7-9-11-13-15-17-18-19-20-21-22-23-27-35-41-47-53-68(73)85-64(58-80-67(72)52-46-40-34-28-24-26-31-37-43-49-61(3)4)59-83-87(75,76)81-55-63(70)56-82-88(77,78)84-60-65(57-79-66(71)51-45-39-33-25-16-14-12-10-8-2)86-69(74)54-48-42-36-30-29-32-38-44-50-62(5)6/h61-65,70H,7-60H2,1-6H3,(H,75,76)(H,77,78)/t63-,64-,65-/m1/s1. The van der Waals surface area contributed by atoms with Crippen molar-refractivity contribution in [2.24, 2.45) is 11.8 Å². The molecule has 0 spiro atoms. The average Bonchev–Trinajstić information content (AvgIpc) is 3.61. The molecule has 0 aromatic heterocycles. The van der Waals surface area contributed by atoms with Gasteiger partial charge in [-0.3, -0.25) is 37.3 Å². The summed E-state index contributed by atoms with van der Waals surface area (Å²) in [4.78, 5) is 72.4. The maximum Gasteiger partial charge on any atom is 0.472 e. The predicted molar refractivity (Wildman–Crippen MR) is 354 cm³/mol. The van der Waals surface area contributed by atoms with Gasteiger partial charge in [-0.15, -0.1) is 0 Å². The molecule has 0 aromatic rings. The van der Waals surface area contributed by atoms with E-state index in [1.54, 1.807) is 0 Å². The van der Waals surface area contributed by atoms with Crippen molar-refractivity contribution in [2.45, 2.75) is 368 Å². The van der Waals surface area contributed by atoms with Gasteiger partial charge in [0.05, 0.1) is 26.4 Å². The van der Waals surface area contributed by atoms with E-state index in [2.05, 4.69) is 41.5 Å². The second-order valence-corrected chi connectivity index (χ2v) is 28.8. The Morgan fingerprint density at radius 2 is 0.523 bits per heavy atom. The zero-order valence-electron chi connectivity index (χ0n) is 57.0. The Labute approximate surface area is 537 Å². The van der Waals surface area contributed by atoms with E-state index in [0.717, 1.165) is 102 Å². The van der Waals surface area contributed by atoms with Gasteiger partial charge in [-0.25, -0.2) is 9.13 Å². The van der Waals surface area contributed by atoms with Crippen molar-refractivity contribution >= 4 is 39.5 Å². The van der Waals surface area contributed by atoms with Crippen LogP contribution in [0.2, 0.25) is 0 Å². The lowest BCUT2D eigenvalue weighted by Crippen LogP contribution is -2.30. The van der Waals surface area contributed by atoms with Crippen molar-refractivity contribution in [1.29, 1.82) is 0 Å². The predicted octanol–water partition coefficient (Wildman–Crippen LogP) is 19.6. The van der Waals surface area contributed by atoms with Gasteiger partial charge in [0, 0.05) is 25.7 Å². The maximum atomic E-state index is 13.0. The minimum absolute atomic E-state index is 0.104. The van der Waals surface area contributed by atoms with Crippen molar-refractivity contribution in [3.05, 3.63) is 0 Å². The Balaban J connectivity index is 5.23. The van der Waals surface area contributed by atoms with Crippen molar-refractivity contribution < 1.29 is 80.2 Å². The van der Waals surface area contributed by atoms with E-state index in [0.29, 0.717) is 25.7 Å². The monoisotopic (exact) mass is 1300 g/mol. The van der Waals surface area contributed by atoms with Crippen LogP contribution in [0.25, 0.3) is 0 Å². The highest BCUT2D eigenvalue weighted by Gasteiger charge is 2.30. The molecule has 0 amide bonds. The summed E-state index contributed by atoms with van der Waals surface area (Å²) in [5.74, 6) is -0.665. The van der Waals surface area contributed by atoms with Gasteiger partial charge < -0.3 is 33.8 Å². The van der Waals surface area contributed by atoms with Crippen LogP contribution in [0.15, 0.2) is 0 Å². The Hall–Kier alpha value is -1.94. The molecule has 0 saturated heterocycles. The molecule has 2 unspecified atom stereocenters. The number of hydrogen-bond donors (Lipinski definition) is 3. The molecule has 17 nitrogen and oxygen atoms in total. The number of aliphatic hydroxyl groups excluding tert-OH is 1. The minimum Gasteiger partial charge on any atom is -0.462 e. The first-order valence-electron chi connectivity index (χ1n) is 36.0. The SMILES string of the molecule is CCCCCCCCCCCCCCCCCCC(=O)O[C@H](COC(=O)CCCCCCCCCCCC(C)C)COP(=O)(O)OC[C@@H](O)COP(=O)(O)OC[C@@H](COC(=O)CCCCCCCCCCC)OC(=O)CCCCCCCCCCC(C)C. The second-order valence-electron chi connectivity index (χ2n) is 25.9. The number of aliphatic hydroxyl groups is 1. The van der Waals surface area contributed by atoms with Crippen LogP contribution in [0.1, 0.15) is 350 Å². The Kier molecular flexibility index (Phi) is 59.9. The number of phosphoric ester groups is 2. The number of carbonyl (C=O) groups excluding carboxylic acids is 4. The summed E-state index contributed by atoms with van der Waals surface area (Å²) in [5, 5.41) is 10.6. The lowest BCUT2D eigenvalue weighted by molar-refractivity contribution is -0.161. The van der Waals surface area contributed by atoms with E-state index in [1.807, 2.05) is 0 Å². The van der Waals surface area contributed by atoms with Gasteiger partial charge >= 0.3 is 39.5 Å². The molecule has 0 saturated carbocycles. The summed E-state index contributed by atoms with van der Waals surface area (Å²) in [6, 6.07) is 0. The van der Waals surface area contributed by atoms with Crippen molar-refractivity contribution in [3.8, 4) is 0 Å². The van der Waals surface area contributed by atoms with Gasteiger partial charge in [-0.2, -0.15) is 0 Å². The highest BCUT2D eigenvalue weighted by Crippen LogP contribution is 2.45. The molecular weight excluding hydrogens is 1160 g/mol. The fourth-order valence-corrected chi connectivity index (χ4v) is 12.0. The largest absolute Gasteiger partial charge is 0.472 e. The number of rotatable bonds is 68. The highest BCUT2D eigenvalue weighted by molar-refractivity contribution is 7.47. The lowest BCUT2D eigenvalue weighted by Gasteiger charge is -2.21. The number of unbranched alkanes of at least 4 members (excludes halogenated alkanes) is 38. The smallest absolute Gasteiger partial charge is 0.462 e. The first-order chi connectivity index (χ1) is 42.4. The third-order valence-corrected chi connectivity index (χ3v) is 17.9. The first kappa shape index (κ1) is 86.1. The van der Waals surface area contributed by atoms with Gasteiger partial charge in [0.25, 0.3) is 0 Å². The number of ether oxygens (including phenoxy) is 4. The van der Waals surface area contributed by atoms with Gasteiger partial charge in [-0.05, 0) is 37.5 Å². The lowest BCUT2D eigenvalue weighted by atomic mass is 10.0. The molecule has 0 bridgehead atoms. The molecule has 0 radical (unpaired) electrons. The molecule has 522 valence electrons. The number of esters is 4. The van der Waals surface area contributed by atoms with Gasteiger partial charge in [0.2, 0.25) is 0 Å². The first-order valence-corrected chi connectivity index (χ1v) is 39.0. The minimum atomic E-state index is -4.95. The van der Waals surface area contributed by atoms with Crippen LogP contribution in [0.4, 0.5) is 0 Å². The molecular formula is C69H134O17P2. The highest BCUT2D eigenvalue weighted by atomic mass is 31.2. The van der Waals surface area contributed by atoms with E-state index in [1.165, 1.54) is 167 Å². The third kappa shape index (κ3) is 62.8. The zero-order chi connectivity index (χ0) is 65.0. The molecule has 0 heterocycles. The van der Waals surface area contributed by atoms with Crippen LogP contribution in [0.5, 0.6) is 0 Å². The number of carbonyl (C=O) groups is 4. The maximum absolute atomic E-state index is 13.0. The Bertz CT molecular complexity index is 1720. The summed E-state index contributed by atoms with van der Waals surface area (Å²) < 4.78 is 68.2. The number of hydrogen-bond acceptors (Lipinski definition) is 15. The van der Waals surface area contributed by atoms with Gasteiger partial charge in [-0.1, -0.05) is 298 Å². The quantitative estimate of drug-likeness (QED) is 0.0222. The van der Waals surface area contributed by atoms with E-state index >= 15 is 0 Å². The molecule has 0 aliphatic heterocycles. The average molecular weight is 1300 g/mol. The fourth-order valence-electron chi connectivity index (χ4n) is 10.4. The van der Waals surface area contributed by atoms with E-state index in [-0.39, 0.29) is 25.7 Å².